The highest BCUT2D eigenvalue weighted by molar-refractivity contribution is 7.09. The molecule has 0 spiro atoms. The van der Waals surface area contributed by atoms with E-state index in [9.17, 15) is 4.79 Å². The largest absolute Gasteiger partial charge is 0.322 e. The van der Waals surface area contributed by atoms with Crippen molar-refractivity contribution in [3.05, 3.63) is 51.7 Å². The van der Waals surface area contributed by atoms with E-state index in [0.29, 0.717) is 17.6 Å². The van der Waals surface area contributed by atoms with Gasteiger partial charge in [0.15, 0.2) is 0 Å². The lowest BCUT2D eigenvalue weighted by atomic mass is 10.2. The number of hydrogen-bond donors (Lipinski definition) is 1. The molecule has 1 aliphatic carbocycles. The second-order valence-corrected chi connectivity index (χ2v) is 7.05. The molecule has 3 rings (SSSR count). The molecule has 1 saturated carbocycles. The summed E-state index contributed by atoms with van der Waals surface area (Å²) in [6.07, 6.45) is 4.59. The predicted molar refractivity (Wildman–Crippen MR) is 92.6 cm³/mol. The summed E-state index contributed by atoms with van der Waals surface area (Å²) < 4.78 is 0. The summed E-state index contributed by atoms with van der Waals surface area (Å²) in [6, 6.07) is 11.7. The van der Waals surface area contributed by atoms with Crippen LogP contribution >= 0.6 is 22.9 Å². The summed E-state index contributed by atoms with van der Waals surface area (Å²) in [5, 5.41) is 5.66. The first-order valence-corrected chi connectivity index (χ1v) is 8.84. The van der Waals surface area contributed by atoms with Crippen LogP contribution in [-0.2, 0) is 6.54 Å². The summed E-state index contributed by atoms with van der Waals surface area (Å²) in [5.74, 6) is 0. The number of hydrogen-bond acceptors (Lipinski definition) is 2. The second kappa shape index (κ2) is 7.16. The van der Waals surface area contributed by atoms with Gasteiger partial charge in [0.2, 0.25) is 0 Å². The third-order valence-electron chi connectivity index (χ3n) is 4.01. The SMILES string of the molecule is O=C(Nc1cccc(Cl)c1)N(Cc1cccs1)C1CCCC1. The molecule has 5 heteroatoms. The molecule has 3 nitrogen and oxygen atoms in total. The lowest BCUT2D eigenvalue weighted by Crippen LogP contribution is -2.40. The average molecular weight is 335 g/mol. The third-order valence-corrected chi connectivity index (χ3v) is 5.10. The van der Waals surface area contributed by atoms with E-state index in [2.05, 4.69) is 16.8 Å². The summed E-state index contributed by atoms with van der Waals surface area (Å²) >= 11 is 7.68. The minimum atomic E-state index is -0.0393. The highest BCUT2D eigenvalue weighted by Gasteiger charge is 2.27. The van der Waals surface area contributed by atoms with E-state index in [1.807, 2.05) is 23.1 Å². The maximum absolute atomic E-state index is 12.7. The van der Waals surface area contributed by atoms with Gasteiger partial charge in [0, 0.05) is 21.6 Å². The highest BCUT2D eigenvalue weighted by atomic mass is 35.5. The standard InChI is InChI=1S/C17H19ClN2OS/c18-13-5-3-6-14(11-13)19-17(21)20(15-7-1-2-8-15)12-16-9-4-10-22-16/h3-6,9-11,15H,1-2,7-8,12H2,(H,19,21). The van der Waals surface area contributed by atoms with Crippen LogP contribution in [0.3, 0.4) is 0 Å². The molecule has 0 atom stereocenters. The molecule has 1 aromatic carbocycles. The number of rotatable bonds is 4. The van der Waals surface area contributed by atoms with Gasteiger partial charge in [-0.3, -0.25) is 0 Å². The van der Waals surface area contributed by atoms with Crippen molar-refractivity contribution < 1.29 is 4.79 Å². The monoisotopic (exact) mass is 334 g/mol. The Bertz CT molecular complexity index is 623. The molecule has 1 N–H and O–H groups in total. The van der Waals surface area contributed by atoms with Crippen molar-refractivity contribution >= 4 is 34.7 Å². The molecule has 22 heavy (non-hydrogen) atoms. The molecular formula is C17H19ClN2OS. The Morgan fingerprint density at radius 1 is 1.27 bits per heavy atom. The fourth-order valence-corrected chi connectivity index (χ4v) is 3.81. The molecule has 2 aromatic rings. The zero-order valence-corrected chi connectivity index (χ0v) is 13.9. The van der Waals surface area contributed by atoms with Gasteiger partial charge in [-0.05, 0) is 42.5 Å². The van der Waals surface area contributed by atoms with E-state index in [4.69, 9.17) is 11.6 Å². The van der Waals surface area contributed by atoms with Gasteiger partial charge in [-0.15, -0.1) is 11.3 Å². The van der Waals surface area contributed by atoms with Gasteiger partial charge in [0.05, 0.1) is 6.54 Å². The van der Waals surface area contributed by atoms with E-state index < -0.39 is 0 Å². The lowest BCUT2D eigenvalue weighted by Gasteiger charge is -2.28. The third kappa shape index (κ3) is 3.81. The van der Waals surface area contributed by atoms with Crippen LogP contribution in [0.1, 0.15) is 30.6 Å². The number of carbonyl (C=O) groups is 1. The van der Waals surface area contributed by atoms with Crippen molar-refractivity contribution in [1.82, 2.24) is 4.90 Å². The first-order valence-electron chi connectivity index (χ1n) is 7.58. The van der Waals surface area contributed by atoms with Crippen molar-refractivity contribution in [2.75, 3.05) is 5.32 Å². The summed E-state index contributed by atoms with van der Waals surface area (Å²) in [4.78, 5) is 15.9. The molecule has 1 aliphatic rings. The number of carbonyl (C=O) groups excluding carboxylic acids is 1. The average Bonchev–Trinajstić information content (AvgIpc) is 3.18. The van der Waals surface area contributed by atoms with Gasteiger partial charge in [-0.1, -0.05) is 36.6 Å². The number of thiophene rings is 1. The van der Waals surface area contributed by atoms with E-state index in [1.54, 1.807) is 23.5 Å². The number of nitrogens with zero attached hydrogens (tertiary/aromatic N) is 1. The van der Waals surface area contributed by atoms with Crippen LogP contribution in [0.15, 0.2) is 41.8 Å². The molecular weight excluding hydrogens is 316 g/mol. The number of nitrogens with one attached hydrogen (secondary N) is 1. The van der Waals surface area contributed by atoms with Gasteiger partial charge in [-0.25, -0.2) is 4.79 Å². The normalized spacial score (nSPS) is 15.0. The Balaban J connectivity index is 1.73. The molecule has 1 heterocycles. The Hall–Kier alpha value is -1.52. The maximum Gasteiger partial charge on any atom is 0.322 e. The number of urea groups is 1. The van der Waals surface area contributed by atoms with Gasteiger partial charge < -0.3 is 10.2 Å². The number of anilines is 1. The van der Waals surface area contributed by atoms with Gasteiger partial charge in [0.25, 0.3) is 0 Å². The maximum atomic E-state index is 12.7. The van der Waals surface area contributed by atoms with E-state index in [0.717, 1.165) is 18.5 Å². The van der Waals surface area contributed by atoms with Crippen LogP contribution in [0.5, 0.6) is 0 Å². The van der Waals surface area contributed by atoms with Crippen molar-refractivity contribution in [1.29, 1.82) is 0 Å². The van der Waals surface area contributed by atoms with Gasteiger partial charge in [-0.2, -0.15) is 0 Å². The summed E-state index contributed by atoms with van der Waals surface area (Å²) in [6.45, 7) is 0.675. The number of halogens is 1. The Kier molecular flexibility index (Phi) is 5.01. The summed E-state index contributed by atoms with van der Waals surface area (Å²) in [5.41, 5.74) is 0.742. The second-order valence-electron chi connectivity index (χ2n) is 5.59. The highest BCUT2D eigenvalue weighted by Crippen LogP contribution is 2.27. The lowest BCUT2D eigenvalue weighted by molar-refractivity contribution is 0.185. The van der Waals surface area contributed by atoms with Gasteiger partial charge in [0.1, 0.15) is 0 Å². The molecule has 1 fully saturated rings. The molecule has 2 amide bonds. The Morgan fingerprint density at radius 2 is 2.09 bits per heavy atom. The van der Waals surface area contributed by atoms with Crippen LogP contribution in [-0.4, -0.2) is 17.0 Å². The Labute approximate surface area is 139 Å². The smallest absolute Gasteiger partial charge is 0.316 e. The van der Waals surface area contributed by atoms with Crippen LogP contribution in [0.25, 0.3) is 0 Å². The molecule has 0 unspecified atom stereocenters. The quantitative estimate of drug-likeness (QED) is 0.800. The fraction of sp³-hybridized carbons (Fsp3) is 0.353. The van der Waals surface area contributed by atoms with Gasteiger partial charge >= 0.3 is 6.03 Å². The molecule has 0 bridgehead atoms. The topological polar surface area (TPSA) is 32.3 Å². The molecule has 0 radical (unpaired) electrons. The van der Waals surface area contributed by atoms with Crippen LogP contribution in [0, 0.1) is 0 Å². The Morgan fingerprint density at radius 3 is 2.77 bits per heavy atom. The van der Waals surface area contributed by atoms with Crippen molar-refractivity contribution in [3.63, 3.8) is 0 Å². The van der Waals surface area contributed by atoms with Crippen LogP contribution < -0.4 is 5.32 Å². The van der Waals surface area contributed by atoms with Crippen molar-refractivity contribution in [3.8, 4) is 0 Å². The zero-order chi connectivity index (χ0) is 15.4. The number of benzene rings is 1. The zero-order valence-electron chi connectivity index (χ0n) is 12.3. The predicted octanol–water partition coefficient (Wildman–Crippen LogP) is 5.38. The van der Waals surface area contributed by atoms with Crippen molar-refractivity contribution in [2.45, 2.75) is 38.3 Å². The molecule has 116 valence electrons. The first-order chi connectivity index (χ1) is 10.7. The summed E-state index contributed by atoms with van der Waals surface area (Å²) in [7, 11) is 0. The molecule has 1 aromatic heterocycles. The molecule has 0 saturated heterocycles. The van der Waals surface area contributed by atoms with Crippen molar-refractivity contribution in [2.24, 2.45) is 0 Å². The van der Waals surface area contributed by atoms with E-state index in [1.165, 1.54) is 17.7 Å². The minimum absolute atomic E-state index is 0.0393. The van der Waals surface area contributed by atoms with Crippen LogP contribution in [0.4, 0.5) is 10.5 Å². The first kappa shape index (κ1) is 15.4. The molecule has 0 aliphatic heterocycles. The van der Waals surface area contributed by atoms with E-state index >= 15 is 0 Å². The van der Waals surface area contributed by atoms with Crippen LogP contribution in [0.2, 0.25) is 5.02 Å². The fourth-order valence-electron chi connectivity index (χ4n) is 2.91. The minimum Gasteiger partial charge on any atom is -0.316 e. The van der Waals surface area contributed by atoms with E-state index in [-0.39, 0.29) is 6.03 Å². The number of amides is 2.